The van der Waals surface area contributed by atoms with Gasteiger partial charge in [0.15, 0.2) is 0 Å². The summed E-state index contributed by atoms with van der Waals surface area (Å²) in [6.45, 7) is 8.35. The number of aromatic nitrogens is 1. The maximum atomic E-state index is 11.7. The Balaban J connectivity index is 1.68. The average molecular weight is 324 g/mol. The standard InChI is InChI=1S/C16H28N4OS/c1-3-15-19-14(11-22-15)10-20-6-4-13(5-7-20)9-18-16(21)12(2)8-17/h11-13H,3-10,17H2,1-2H3,(H,18,21). The van der Waals surface area contributed by atoms with Crippen LogP contribution in [0.15, 0.2) is 5.38 Å². The first-order chi connectivity index (χ1) is 10.6. The van der Waals surface area contributed by atoms with Crippen molar-refractivity contribution in [1.29, 1.82) is 0 Å². The number of hydrogen-bond acceptors (Lipinski definition) is 5. The van der Waals surface area contributed by atoms with Crippen molar-refractivity contribution in [3.05, 3.63) is 16.1 Å². The number of amides is 1. The second kappa shape index (κ2) is 8.60. The number of likely N-dealkylation sites (tertiary alicyclic amines) is 1. The van der Waals surface area contributed by atoms with E-state index in [0.717, 1.165) is 45.4 Å². The molecule has 0 saturated carbocycles. The minimum atomic E-state index is -0.0856. The van der Waals surface area contributed by atoms with Crippen molar-refractivity contribution < 1.29 is 4.79 Å². The van der Waals surface area contributed by atoms with Gasteiger partial charge in [0, 0.05) is 30.9 Å². The van der Waals surface area contributed by atoms with E-state index in [-0.39, 0.29) is 11.8 Å². The second-order valence-corrected chi connectivity index (χ2v) is 7.13. The fourth-order valence-corrected chi connectivity index (χ4v) is 3.42. The highest BCUT2D eigenvalue weighted by Gasteiger charge is 2.21. The molecule has 1 aliphatic heterocycles. The average Bonchev–Trinajstić information content (AvgIpc) is 3.00. The zero-order valence-corrected chi connectivity index (χ0v) is 14.5. The molecule has 3 N–H and O–H groups in total. The van der Waals surface area contributed by atoms with E-state index in [0.29, 0.717) is 12.5 Å². The largest absolute Gasteiger partial charge is 0.356 e. The van der Waals surface area contributed by atoms with E-state index in [2.05, 4.69) is 27.5 Å². The molecule has 0 aliphatic carbocycles. The van der Waals surface area contributed by atoms with Crippen LogP contribution in [0.1, 0.15) is 37.4 Å². The van der Waals surface area contributed by atoms with Crippen molar-refractivity contribution in [2.24, 2.45) is 17.6 Å². The van der Waals surface area contributed by atoms with Gasteiger partial charge in [-0.15, -0.1) is 11.3 Å². The second-order valence-electron chi connectivity index (χ2n) is 6.19. The Kier molecular flexibility index (Phi) is 6.79. The monoisotopic (exact) mass is 324 g/mol. The summed E-state index contributed by atoms with van der Waals surface area (Å²) in [6.07, 6.45) is 3.30. The van der Waals surface area contributed by atoms with E-state index in [9.17, 15) is 4.79 Å². The number of rotatable bonds is 7. The minimum absolute atomic E-state index is 0.0829. The smallest absolute Gasteiger partial charge is 0.224 e. The minimum Gasteiger partial charge on any atom is -0.356 e. The Morgan fingerprint density at radius 3 is 2.86 bits per heavy atom. The topological polar surface area (TPSA) is 71.2 Å². The SMILES string of the molecule is CCc1nc(CN2CCC(CNC(=O)C(C)CN)CC2)cs1. The molecule has 5 nitrogen and oxygen atoms in total. The molecule has 1 saturated heterocycles. The fourth-order valence-electron chi connectivity index (χ4n) is 2.69. The molecule has 2 heterocycles. The summed E-state index contributed by atoms with van der Waals surface area (Å²) in [6, 6.07) is 0. The Bertz CT molecular complexity index is 468. The van der Waals surface area contributed by atoms with Gasteiger partial charge in [0.25, 0.3) is 0 Å². The van der Waals surface area contributed by atoms with Gasteiger partial charge in [-0.1, -0.05) is 13.8 Å². The quantitative estimate of drug-likeness (QED) is 0.800. The van der Waals surface area contributed by atoms with Crippen LogP contribution in [0.2, 0.25) is 0 Å². The Hall–Kier alpha value is -0.980. The molecular formula is C16H28N4OS. The van der Waals surface area contributed by atoms with Crippen LogP contribution >= 0.6 is 11.3 Å². The predicted molar refractivity (Wildman–Crippen MR) is 90.7 cm³/mol. The van der Waals surface area contributed by atoms with E-state index in [4.69, 9.17) is 5.73 Å². The summed E-state index contributed by atoms with van der Waals surface area (Å²) in [4.78, 5) is 18.9. The number of thiazole rings is 1. The summed E-state index contributed by atoms with van der Waals surface area (Å²) in [7, 11) is 0. The molecule has 6 heteroatoms. The lowest BCUT2D eigenvalue weighted by atomic mass is 9.96. The first-order valence-corrected chi connectivity index (χ1v) is 9.13. The highest BCUT2D eigenvalue weighted by molar-refractivity contribution is 7.09. The summed E-state index contributed by atoms with van der Waals surface area (Å²) in [5.74, 6) is 0.587. The molecular weight excluding hydrogens is 296 g/mol. The van der Waals surface area contributed by atoms with Crippen molar-refractivity contribution in [3.63, 3.8) is 0 Å². The number of carbonyl (C=O) groups excluding carboxylic acids is 1. The molecule has 22 heavy (non-hydrogen) atoms. The van der Waals surface area contributed by atoms with Gasteiger partial charge in [0.2, 0.25) is 5.91 Å². The van der Waals surface area contributed by atoms with Crippen LogP contribution in [-0.4, -0.2) is 42.0 Å². The molecule has 124 valence electrons. The number of nitrogens with zero attached hydrogens (tertiary/aromatic N) is 2. The van der Waals surface area contributed by atoms with Crippen molar-refractivity contribution in [2.75, 3.05) is 26.2 Å². The highest BCUT2D eigenvalue weighted by atomic mass is 32.1. The number of nitrogens with two attached hydrogens (primary N) is 1. The predicted octanol–water partition coefficient (Wildman–Crippen LogP) is 1.63. The maximum Gasteiger partial charge on any atom is 0.224 e. The third kappa shape index (κ3) is 5.04. The highest BCUT2D eigenvalue weighted by Crippen LogP contribution is 2.19. The van der Waals surface area contributed by atoms with Crippen LogP contribution in [-0.2, 0) is 17.8 Å². The third-order valence-corrected chi connectivity index (χ3v) is 5.40. The van der Waals surface area contributed by atoms with Crippen LogP contribution in [0.25, 0.3) is 0 Å². The molecule has 1 aromatic heterocycles. The van der Waals surface area contributed by atoms with Gasteiger partial charge in [-0.2, -0.15) is 0 Å². The van der Waals surface area contributed by atoms with Crippen molar-refractivity contribution in [2.45, 2.75) is 39.7 Å². The number of piperidine rings is 1. The normalized spacial score (nSPS) is 18.3. The van der Waals surface area contributed by atoms with Crippen molar-refractivity contribution in [3.8, 4) is 0 Å². The van der Waals surface area contributed by atoms with Gasteiger partial charge in [-0.3, -0.25) is 9.69 Å². The molecule has 0 aromatic carbocycles. The van der Waals surface area contributed by atoms with Gasteiger partial charge in [0.1, 0.15) is 0 Å². The van der Waals surface area contributed by atoms with Gasteiger partial charge >= 0.3 is 0 Å². The van der Waals surface area contributed by atoms with E-state index in [1.807, 2.05) is 6.92 Å². The summed E-state index contributed by atoms with van der Waals surface area (Å²) >= 11 is 1.76. The van der Waals surface area contributed by atoms with Crippen LogP contribution in [0, 0.1) is 11.8 Å². The van der Waals surface area contributed by atoms with Gasteiger partial charge in [-0.25, -0.2) is 4.98 Å². The summed E-state index contributed by atoms with van der Waals surface area (Å²) in [5.41, 5.74) is 6.71. The lowest BCUT2D eigenvalue weighted by molar-refractivity contribution is -0.124. The molecule has 0 radical (unpaired) electrons. The van der Waals surface area contributed by atoms with Gasteiger partial charge in [0.05, 0.1) is 10.7 Å². The number of aryl methyl sites for hydroxylation is 1. The van der Waals surface area contributed by atoms with Crippen LogP contribution in [0.4, 0.5) is 0 Å². The zero-order chi connectivity index (χ0) is 15.9. The molecule has 2 rings (SSSR count). The Labute approximate surface area is 137 Å². The number of nitrogens with one attached hydrogen (secondary N) is 1. The molecule has 0 spiro atoms. The Morgan fingerprint density at radius 2 is 2.27 bits per heavy atom. The van der Waals surface area contributed by atoms with E-state index >= 15 is 0 Å². The lowest BCUT2D eigenvalue weighted by Gasteiger charge is -2.31. The number of carbonyl (C=O) groups is 1. The summed E-state index contributed by atoms with van der Waals surface area (Å²) in [5, 5.41) is 6.43. The van der Waals surface area contributed by atoms with Crippen LogP contribution in [0.3, 0.4) is 0 Å². The van der Waals surface area contributed by atoms with E-state index in [1.54, 1.807) is 11.3 Å². The van der Waals surface area contributed by atoms with Crippen molar-refractivity contribution in [1.82, 2.24) is 15.2 Å². The molecule has 1 atom stereocenters. The molecule has 0 bridgehead atoms. The zero-order valence-electron chi connectivity index (χ0n) is 13.7. The summed E-state index contributed by atoms with van der Waals surface area (Å²) < 4.78 is 0. The van der Waals surface area contributed by atoms with Gasteiger partial charge in [-0.05, 0) is 38.3 Å². The van der Waals surface area contributed by atoms with Crippen LogP contribution in [0.5, 0.6) is 0 Å². The first kappa shape index (κ1) is 17.4. The first-order valence-electron chi connectivity index (χ1n) is 8.25. The van der Waals surface area contributed by atoms with Crippen LogP contribution < -0.4 is 11.1 Å². The molecule has 1 aromatic rings. The molecule has 1 aliphatic rings. The third-order valence-electron chi connectivity index (χ3n) is 4.36. The fraction of sp³-hybridized carbons (Fsp3) is 0.750. The lowest BCUT2D eigenvalue weighted by Crippen LogP contribution is -2.40. The van der Waals surface area contributed by atoms with Gasteiger partial charge < -0.3 is 11.1 Å². The molecule has 1 unspecified atom stereocenters. The Morgan fingerprint density at radius 1 is 1.55 bits per heavy atom. The van der Waals surface area contributed by atoms with E-state index < -0.39 is 0 Å². The van der Waals surface area contributed by atoms with E-state index in [1.165, 1.54) is 10.7 Å². The molecule has 1 fully saturated rings. The number of hydrogen-bond donors (Lipinski definition) is 2. The maximum absolute atomic E-state index is 11.7. The molecule has 1 amide bonds. The van der Waals surface area contributed by atoms with Crippen molar-refractivity contribution >= 4 is 17.2 Å².